The lowest BCUT2D eigenvalue weighted by Crippen LogP contribution is -2.30. The Kier molecular flexibility index (Phi) is 6.09. The van der Waals surface area contributed by atoms with Gasteiger partial charge < -0.3 is 14.9 Å². The highest BCUT2D eigenvalue weighted by Crippen LogP contribution is 2.38. The van der Waals surface area contributed by atoms with Gasteiger partial charge in [-0.2, -0.15) is 8.42 Å². The number of rotatable bonds is 4. The Morgan fingerprint density at radius 1 is 1.05 bits per heavy atom. The summed E-state index contributed by atoms with van der Waals surface area (Å²) in [4.78, 5) is 17.3. The standard InChI is InChI=1S/C31H28FN3O3S/c1-4-19-8-9-23-27(14-19)34-31-29(23)30(36)26-16-24(18(2)3)25(20-6-5-7-22(15-20)39(32,37)38)17-28(26)35(31)21-10-12-33-13-11-21/h1,5-9,14-18,21,33-34H,10-13H2,2-3H3. The van der Waals surface area contributed by atoms with E-state index in [0.717, 1.165) is 64.7 Å². The van der Waals surface area contributed by atoms with E-state index >= 15 is 0 Å². The molecule has 0 aliphatic carbocycles. The summed E-state index contributed by atoms with van der Waals surface area (Å²) in [6, 6.07) is 15.6. The van der Waals surface area contributed by atoms with Gasteiger partial charge in [0, 0.05) is 27.9 Å². The molecule has 0 bridgehead atoms. The van der Waals surface area contributed by atoms with E-state index < -0.39 is 10.2 Å². The highest BCUT2D eigenvalue weighted by Gasteiger charge is 2.25. The van der Waals surface area contributed by atoms with Gasteiger partial charge in [-0.3, -0.25) is 4.79 Å². The topological polar surface area (TPSA) is 84.0 Å². The number of piperidine rings is 1. The Labute approximate surface area is 226 Å². The molecule has 0 atom stereocenters. The van der Waals surface area contributed by atoms with E-state index in [0.29, 0.717) is 16.3 Å². The van der Waals surface area contributed by atoms with E-state index in [9.17, 15) is 17.1 Å². The fraction of sp³-hybridized carbons (Fsp3) is 0.258. The molecule has 3 heterocycles. The fourth-order valence-electron chi connectivity index (χ4n) is 5.91. The van der Waals surface area contributed by atoms with E-state index in [1.165, 1.54) is 12.1 Å². The van der Waals surface area contributed by atoms with Crippen LogP contribution in [0.1, 0.15) is 49.8 Å². The zero-order valence-corrected chi connectivity index (χ0v) is 22.5. The van der Waals surface area contributed by atoms with Gasteiger partial charge in [0.15, 0.2) is 5.43 Å². The van der Waals surface area contributed by atoms with Gasteiger partial charge in [-0.15, -0.1) is 10.3 Å². The van der Waals surface area contributed by atoms with Gasteiger partial charge in [0.2, 0.25) is 0 Å². The average Bonchev–Trinajstić information content (AvgIpc) is 3.31. The Balaban J connectivity index is 1.76. The molecule has 0 amide bonds. The molecule has 0 spiro atoms. The first-order valence-corrected chi connectivity index (χ1v) is 14.5. The van der Waals surface area contributed by atoms with Crippen molar-refractivity contribution in [2.45, 2.75) is 43.5 Å². The number of nitrogens with zero attached hydrogens (tertiary/aromatic N) is 1. The van der Waals surface area contributed by atoms with Crippen LogP contribution in [0.2, 0.25) is 0 Å². The third kappa shape index (κ3) is 4.22. The van der Waals surface area contributed by atoms with Crippen LogP contribution in [0.4, 0.5) is 3.89 Å². The lowest BCUT2D eigenvalue weighted by atomic mass is 9.90. The monoisotopic (exact) mass is 541 g/mol. The normalized spacial score (nSPS) is 14.9. The summed E-state index contributed by atoms with van der Waals surface area (Å²) in [5, 5.41) is 5.48. The number of fused-ring (bicyclic) bond motifs is 4. The summed E-state index contributed by atoms with van der Waals surface area (Å²) in [6.07, 6.45) is 7.42. The van der Waals surface area contributed by atoms with Crippen LogP contribution in [0.25, 0.3) is 44.0 Å². The maximum Gasteiger partial charge on any atom is 0.332 e. The van der Waals surface area contributed by atoms with Gasteiger partial charge >= 0.3 is 10.2 Å². The predicted molar refractivity (Wildman–Crippen MR) is 154 cm³/mol. The van der Waals surface area contributed by atoms with Crippen LogP contribution < -0.4 is 10.7 Å². The van der Waals surface area contributed by atoms with Crippen LogP contribution in [-0.4, -0.2) is 31.1 Å². The quantitative estimate of drug-likeness (QED) is 0.216. The number of H-pyrrole nitrogens is 1. The second-order valence-electron chi connectivity index (χ2n) is 10.5. The minimum absolute atomic E-state index is 0.0265. The van der Waals surface area contributed by atoms with E-state index in [2.05, 4.69) is 20.8 Å². The molecule has 5 aromatic rings. The number of aromatic amines is 1. The number of hydrogen-bond acceptors (Lipinski definition) is 4. The number of halogens is 1. The highest BCUT2D eigenvalue weighted by atomic mass is 32.3. The fourth-order valence-corrected chi connectivity index (χ4v) is 6.42. The first-order valence-electron chi connectivity index (χ1n) is 13.1. The molecular weight excluding hydrogens is 513 g/mol. The van der Waals surface area contributed by atoms with Crippen molar-refractivity contribution in [2.24, 2.45) is 0 Å². The average molecular weight is 542 g/mol. The molecule has 1 saturated heterocycles. The lowest BCUT2D eigenvalue weighted by Gasteiger charge is -2.28. The zero-order chi connectivity index (χ0) is 27.5. The van der Waals surface area contributed by atoms with Gasteiger partial charge in [0.25, 0.3) is 0 Å². The van der Waals surface area contributed by atoms with Crippen molar-refractivity contribution in [1.29, 1.82) is 0 Å². The molecule has 6 rings (SSSR count). The van der Waals surface area contributed by atoms with E-state index in [-0.39, 0.29) is 22.3 Å². The third-order valence-corrected chi connectivity index (χ3v) is 8.62. The Morgan fingerprint density at radius 3 is 2.51 bits per heavy atom. The summed E-state index contributed by atoms with van der Waals surface area (Å²) in [5.41, 5.74) is 5.21. The highest BCUT2D eigenvalue weighted by molar-refractivity contribution is 7.86. The molecule has 2 aromatic heterocycles. The Morgan fingerprint density at radius 2 is 1.82 bits per heavy atom. The molecule has 3 aromatic carbocycles. The van der Waals surface area contributed by atoms with Crippen LogP contribution in [0, 0.1) is 12.3 Å². The van der Waals surface area contributed by atoms with E-state index in [1.807, 2.05) is 44.2 Å². The van der Waals surface area contributed by atoms with Crippen molar-refractivity contribution in [2.75, 3.05) is 13.1 Å². The van der Waals surface area contributed by atoms with Gasteiger partial charge in [-0.25, -0.2) is 0 Å². The predicted octanol–water partition coefficient (Wildman–Crippen LogP) is 5.99. The van der Waals surface area contributed by atoms with Crippen molar-refractivity contribution in [3.8, 4) is 23.5 Å². The first-order chi connectivity index (χ1) is 18.7. The van der Waals surface area contributed by atoms with Crippen molar-refractivity contribution in [3.05, 3.63) is 75.9 Å². The molecule has 1 aliphatic heterocycles. The number of terminal acetylenes is 1. The maximum atomic E-state index is 14.1. The van der Waals surface area contributed by atoms with Crippen molar-refractivity contribution in [1.82, 2.24) is 14.9 Å². The van der Waals surface area contributed by atoms with Gasteiger partial charge in [0.05, 0.1) is 15.8 Å². The summed E-state index contributed by atoms with van der Waals surface area (Å²) in [5.74, 6) is 2.69. The van der Waals surface area contributed by atoms with E-state index in [4.69, 9.17) is 6.42 Å². The second-order valence-corrected chi connectivity index (χ2v) is 11.9. The summed E-state index contributed by atoms with van der Waals surface area (Å²) < 4.78 is 39.5. The van der Waals surface area contributed by atoms with Crippen molar-refractivity contribution in [3.63, 3.8) is 0 Å². The lowest BCUT2D eigenvalue weighted by molar-refractivity contribution is 0.381. The second kappa shape index (κ2) is 9.37. The Bertz CT molecular complexity index is 1990. The van der Waals surface area contributed by atoms with Crippen LogP contribution in [0.15, 0.2) is 64.3 Å². The molecule has 0 radical (unpaired) electrons. The van der Waals surface area contributed by atoms with Crippen LogP contribution in [-0.2, 0) is 10.2 Å². The molecule has 8 heteroatoms. The molecule has 6 nitrogen and oxygen atoms in total. The minimum atomic E-state index is -4.87. The molecule has 1 fully saturated rings. The van der Waals surface area contributed by atoms with E-state index in [1.54, 1.807) is 12.1 Å². The first kappa shape index (κ1) is 25.4. The van der Waals surface area contributed by atoms with Gasteiger partial charge in [0.1, 0.15) is 5.65 Å². The smallest absolute Gasteiger partial charge is 0.332 e. The minimum Gasteiger partial charge on any atom is -0.340 e. The number of hydrogen-bond donors (Lipinski definition) is 2. The largest absolute Gasteiger partial charge is 0.340 e. The SMILES string of the molecule is C#Cc1ccc2c(c1)[nH]c1c2c(=O)c2cc(C(C)C)c(-c3cccc(S(=O)(=O)F)c3)cc2n1C1CCNCC1. The molecule has 0 unspecified atom stereocenters. The number of pyridine rings is 1. The number of benzene rings is 3. The molecular formula is C31H28FN3O3S. The molecule has 198 valence electrons. The van der Waals surface area contributed by atoms with Gasteiger partial charge in [-0.1, -0.05) is 38.0 Å². The molecule has 2 N–H and O–H groups in total. The maximum absolute atomic E-state index is 14.1. The van der Waals surface area contributed by atoms with Crippen molar-refractivity contribution >= 4 is 43.1 Å². The summed E-state index contributed by atoms with van der Waals surface area (Å²) in [7, 11) is -4.87. The molecule has 0 saturated carbocycles. The van der Waals surface area contributed by atoms with Crippen molar-refractivity contribution < 1.29 is 12.3 Å². The molecule has 39 heavy (non-hydrogen) atoms. The third-order valence-electron chi connectivity index (χ3n) is 7.81. The van der Waals surface area contributed by atoms with Crippen LogP contribution >= 0.6 is 0 Å². The van der Waals surface area contributed by atoms with Crippen LogP contribution in [0.5, 0.6) is 0 Å². The Hall–Kier alpha value is -3.93. The number of aromatic nitrogens is 2. The number of nitrogens with one attached hydrogen (secondary N) is 2. The summed E-state index contributed by atoms with van der Waals surface area (Å²) in [6.45, 7) is 5.76. The van der Waals surface area contributed by atoms with Crippen LogP contribution in [0.3, 0.4) is 0 Å². The van der Waals surface area contributed by atoms with Gasteiger partial charge in [-0.05, 0) is 84.9 Å². The molecule has 1 aliphatic rings. The zero-order valence-electron chi connectivity index (χ0n) is 21.7. The summed E-state index contributed by atoms with van der Waals surface area (Å²) >= 11 is 0.